The van der Waals surface area contributed by atoms with E-state index in [1.165, 1.54) is 24.8 Å². The SMILES string of the molecule is C=COC(=O)N(C)C(C)C(=O)OCCCCCCC. The molecule has 0 fully saturated rings. The van der Waals surface area contributed by atoms with Crippen LogP contribution in [-0.2, 0) is 14.3 Å². The molecule has 0 aliphatic rings. The molecule has 0 bridgehead atoms. The minimum absolute atomic E-state index is 0.400. The summed E-state index contributed by atoms with van der Waals surface area (Å²) in [5, 5.41) is 0. The average Bonchev–Trinajstić information content (AvgIpc) is 2.41. The van der Waals surface area contributed by atoms with Gasteiger partial charge in [-0.2, -0.15) is 0 Å². The van der Waals surface area contributed by atoms with Crippen LogP contribution in [0.5, 0.6) is 0 Å². The van der Waals surface area contributed by atoms with Crippen LogP contribution < -0.4 is 0 Å². The van der Waals surface area contributed by atoms with Gasteiger partial charge in [0.25, 0.3) is 0 Å². The lowest BCUT2D eigenvalue weighted by Gasteiger charge is -2.21. The summed E-state index contributed by atoms with van der Waals surface area (Å²) < 4.78 is 9.71. The van der Waals surface area contributed by atoms with E-state index in [4.69, 9.17) is 4.74 Å². The average molecular weight is 271 g/mol. The molecule has 0 aliphatic carbocycles. The normalized spacial score (nSPS) is 11.5. The van der Waals surface area contributed by atoms with Gasteiger partial charge in [-0.3, -0.25) is 4.90 Å². The summed E-state index contributed by atoms with van der Waals surface area (Å²) in [4.78, 5) is 24.2. The van der Waals surface area contributed by atoms with Crippen molar-refractivity contribution in [3.63, 3.8) is 0 Å². The summed E-state index contributed by atoms with van der Waals surface area (Å²) in [7, 11) is 1.49. The number of unbranched alkanes of at least 4 members (excludes halogenated alkanes) is 4. The van der Waals surface area contributed by atoms with Gasteiger partial charge < -0.3 is 9.47 Å². The van der Waals surface area contributed by atoms with Gasteiger partial charge in [0.05, 0.1) is 12.9 Å². The van der Waals surface area contributed by atoms with Crippen molar-refractivity contribution in [2.45, 2.75) is 52.0 Å². The van der Waals surface area contributed by atoms with Gasteiger partial charge in [-0.25, -0.2) is 9.59 Å². The van der Waals surface area contributed by atoms with Crippen LogP contribution in [-0.4, -0.2) is 36.7 Å². The van der Waals surface area contributed by atoms with Gasteiger partial charge in [-0.05, 0) is 13.3 Å². The van der Waals surface area contributed by atoms with E-state index >= 15 is 0 Å². The van der Waals surface area contributed by atoms with Crippen molar-refractivity contribution in [2.24, 2.45) is 0 Å². The van der Waals surface area contributed by atoms with Crippen LogP contribution in [0.4, 0.5) is 4.79 Å². The second-order valence-corrected chi connectivity index (χ2v) is 4.42. The molecular weight excluding hydrogens is 246 g/mol. The Morgan fingerprint density at radius 3 is 2.47 bits per heavy atom. The Kier molecular flexibility index (Phi) is 9.57. The lowest BCUT2D eigenvalue weighted by atomic mass is 10.2. The molecule has 0 heterocycles. The predicted molar refractivity (Wildman–Crippen MR) is 73.6 cm³/mol. The van der Waals surface area contributed by atoms with Crippen LogP contribution in [0, 0.1) is 0 Å². The van der Waals surface area contributed by atoms with Crippen molar-refractivity contribution in [3.05, 3.63) is 12.8 Å². The lowest BCUT2D eigenvalue weighted by molar-refractivity contribution is -0.148. The summed E-state index contributed by atoms with van der Waals surface area (Å²) in [5.41, 5.74) is 0. The molecule has 0 N–H and O–H groups in total. The third-order valence-corrected chi connectivity index (χ3v) is 2.89. The van der Waals surface area contributed by atoms with Crippen molar-refractivity contribution in [2.75, 3.05) is 13.7 Å². The molecule has 1 amide bonds. The van der Waals surface area contributed by atoms with Gasteiger partial charge in [0, 0.05) is 7.05 Å². The van der Waals surface area contributed by atoms with Crippen LogP contribution in [0.3, 0.4) is 0 Å². The quantitative estimate of drug-likeness (QED) is 0.367. The third kappa shape index (κ3) is 7.49. The molecule has 0 saturated heterocycles. The topological polar surface area (TPSA) is 55.8 Å². The minimum atomic E-state index is -0.664. The maximum Gasteiger partial charge on any atom is 0.415 e. The molecule has 0 aromatic heterocycles. The van der Waals surface area contributed by atoms with Gasteiger partial charge >= 0.3 is 12.1 Å². The molecule has 5 heteroatoms. The minimum Gasteiger partial charge on any atom is -0.464 e. The van der Waals surface area contributed by atoms with Gasteiger partial charge in [0.15, 0.2) is 0 Å². The van der Waals surface area contributed by atoms with E-state index in [1.54, 1.807) is 6.92 Å². The van der Waals surface area contributed by atoms with Crippen LogP contribution in [0.1, 0.15) is 46.0 Å². The smallest absolute Gasteiger partial charge is 0.415 e. The second kappa shape index (κ2) is 10.4. The van der Waals surface area contributed by atoms with Crippen LogP contribution in [0.25, 0.3) is 0 Å². The molecule has 0 saturated carbocycles. The summed E-state index contributed by atoms with van der Waals surface area (Å²) in [6, 6.07) is -0.664. The molecule has 0 aromatic rings. The van der Waals surface area contributed by atoms with Crippen molar-refractivity contribution in [1.29, 1.82) is 0 Å². The number of hydrogen-bond acceptors (Lipinski definition) is 4. The Morgan fingerprint density at radius 2 is 1.89 bits per heavy atom. The molecule has 0 rings (SSSR count). The zero-order valence-electron chi connectivity index (χ0n) is 12.2. The number of carbonyl (C=O) groups is 2. The monoisotopic (exact) mass is 271 g/mol. The Bertz CT molecular complexity index is 291. The van der Waals surface area contributed by atoms with Crippen molar-refractivity contribution in [1.82, 2.24) is 4.90 Å². The fourth-order valence-electron chi connectivity index (χ4n) is 1.47. The van der Waals surface area contributed by atoms with Gasteiger partial charge in [0.2, 0.25) is 0 Å². The highest BCUT2D eigenvalue weighted by atomic mass is 16.6. The number of carbonyl (C=O) groups excluding carboxylic acids is 2. The fraction of sp³-hybridized carbons (Fsp3) is 0.714. The van der Waals surface area contributed by atoms with E-state index in [2.05, 4.69) is 18.2 Å². The van der Waals surface area contributed by atoms with Crippen LogP contribution >= 0.6 is 0 Å². The number of likely N-dealkylation sites (N-methyl/N-ethyl adjacent to an activating group) is 1. The number of esters is 1. The molecule has 0 spiro atoms. The highest BCUT2D eigenvalue weighted by Gasteiger charge is 2.24. The third-order valence-electron chi connectivity index (χ3n) is 2.89. The van der Waals surface area contributed by atoms with E-state index in [0.29, 0.717) is 6.61 Å². The molecule has 0 aliphatic heterocycles. The molecular formula is C14H25NO4. The highest BCUT2D eigenvalue weighted by molar-refractivity contribution is 5.80. The van der Waals surface area contributed by atoms with E-state index in [1.807, 2.05) is 0 Å². The van der Waals surface area contributed by atoms with Crippen molar-refractivity contribution in [3.8, 4) is 0 Å². The maximum absolute atomic E-state index is 11.7. The van der Waals surface area contributed by atoms with E-state index in [-0.39, 0.29) is 0 Å². The van der Waals surface area contributed by atoms with Crippen molar-refractivity contribution < 1.29 is 19.1 Å². The summed E-state index contributed by atoms with van der Waals surface area (Å²) in [5.74, 6) is -0.418. The molecule has 1 atom stereocenters. The molecule has 1 unspecified atom stereocenters. The molecule has 0 radical (unpaired) electrons. The molecule has 5 nitrogen and oxygen atoms in total. The zero-order valence-corrected chi connectivity index (χ0v) is 12.2. The Labute approximate surface area is 115 Å². The summed E-state index contributed by atoms with van der Waals surface area (Å²) >= 11 is 0. The number of nitrogens with zero attached hydrogens (tertiary/aromatic N) is 1. The standard InChI is InChI=1S/C14H25NO4/c1-5-7-8-9-10-11-19-13(16)12(3)15(4)14(17)18-6-2/h6,12H,2,5,7-11H2,1,3-4H3. The Hall–Kier alpha value is -1.52. The Balaban J connectivity index is 3.86. The first kappa shape index (κ1) is 17.5. The summed E-state index contributed by atoms with van der Waals surface area (Å²) in [6.45, 7) is 7.44. The van der Waals surface area contributed by atoms with E-state index < -0.39 is 18.1 Å². The van der Waals surface area contributed by atoms with Crippen LogP contribution in [0.15, 0.2) is 12.8 Å². The van der Waals surface area contributed by atoms with Gasteiger partial charge in [-0.15, -0.1) is 0 Å². The number of hydrogen-bond donors (Lipinski definition) is 0. The van der Waals surface area contributed by atoms with Crippen LogP contribution in [0.2, 0.25) is 0 Å². The number of rotatable bonds is 9. The first-order valence-corrected chi connectivity index (χ1v) is 6.75. The number of ether oxygens (including phenoxy) is 2. The number of amides is 1. The van der Waals surface area contributed by atoms with Gasteiger partial charge in [0.1, 0.15) is 6.04 Å². The first-order valence-electron chi connectivity index (χ1n) is 6.75. The Morgan fingerprint density at radius 1 is 1.26 bits per heavy atom. The largest absolute Gasteiger partial charge is 0.464 e. The molecule has 19 heavy (non-hydrogen) atoms. The molecule has 0 aromatic carbocycles. The molecule has 110 valence electrons. The van der Waals surface area contributed by atoms with Gasteiger partial charge in [-0.1, -0.05) is 39.2 Å². The summed E-state index contributed by atoms with van der Waals surface area (Å²) in [6.07, 6.45) is 5.89. The predicted octanol–water partition coefficient (Wildman–Crippen LogP) is 3.10. The second-order valence-electron chi connectivity index (χ2n) is 4.42. The maximum atomic E-state index is 11.7. The first-order chi connectivity index (χ1) is 9.04. The fourth-order valence-corrected chi connectivity index (χ4v) is 1.47. The highest BCUT2D eigenvalue weighted by Crippen LogP contribution is 2.05. The lowest BCUT2D eigenvalue weighted by Crippen LogP contribution is -2.41. The van der Waals surface area contributed by atoms with Crippen molar-refractivity contribution >= 4 is 12.1 Å². The van der Waals surface area contributed by atoms with E-state index in [0.717, 1.165) is 25.5 Å². The zero-order chi connectivity index (χ0) is 14.7. The van der Waals surface area contributed by atoms with E-state index in [9.17, 15) is 9.59 Å².